The van der Waals surface area contributed by atoms with Crippen LogP contribution in [0.1, 0.15) is 5.56 Å². The molecule has 0 bridgehead atoms. The smallest absolute Gasteiger partial charge is 0.270 e. The average Bonchev–Trinajstić information content (AvgIpc) is 2.56. The largest absolute Gasteiger partial charge is 0.304 e. The van der Waals surface area contributed by atoms with Crippen molar-refractivity contribution in [3.63, 3.8) is 0 Å². The third-order valence-corrected chi connectivity index (χ3v) is 4.40. The third-order valence-electron chi connectivity index (χ3n) is 4.21. The standard InChI is InChI=1S/C17H19ClN4O2/c1-20-5-7-21(8-6-20)12-13-9-16(19-17(18)10-13)14-3-2-4-15(11-14)22(23)24/h2-4,9-11H,5-8,12H2,1H3. The van der Waals surface area contributed by atoms with Crippen molar-refractivity contribution in [1.82, 2.24) is 14.8 Å². The van der Waals surface area contributed by atoms with E-state index in [9.17, 15) is 10.1 Å². The molecule has 2 aromatic rings. The minimum atomic E-state index is -0.404. The first-order chi connectivity index (χ1) is 11.5. The lowest BCUT2D eigenvalue weighted by molar-refractivity contribution is -0.384. The van der Waals surface area contributed by atoms with E-state index in [1.54, 1.807) is 6.07 Å². The van der Waals surface area contributed by atoms with Gasteiger partial charge in [0.25, 0.3) is 5.69 Å². The van der Waals surface area contributed by atoms with Crippen LogP contribution in [0.2, 0.25) is 5.15 Å². The molecule has 0 radical (unpaired) electrons. The highest BCUT2D eigenvalue weighted by Gasteiger charge is 2.15. The molecule has 0 atom stereocenters. The lowest BCUT2D eigenvalue weighted by Gasteiger charge is -2.32. The predicted octanol–water partition coefficient (Wildman–Crippen LogP) is 3.06. The Bertz CT molecular complexity index is 745. The highest BCUT2D eigenvalue weighted by molar-refractivity contribution is 6.29. The summed E-state index contributed by atoms with van der Waals surface area (Å²) in [5, 5.41) is 11.4. The molecule has 0 spiro atoms. The minimum Gasteiger partial charge on any atom is -0.304 e. The van der Waals surface area contributed by atoms with E-state index < -0.39 is 4.92 Å². The molecule has 0 unspecified atom stereocenters. The number of nitro groups is 1. The molecule has 2 heterocycles. The van der Waals surface area contributed by atoms with Crippen LogP contribution in [-0.2, 0) is 6.54 Å². The second-order valence-corrected chi connectivity index (χ2v) is 6.46. The molecule has 3 rings (SSSR count). The van der Waals surface area contributed by atoms with E-state index >= 15 is 0 Å². The molecule has 126 valence electrons. The molecule has 1 aliphatic heterocycles. The second-order valence-electron chi connectivity index (χ2n) is 6.07. The first-order valence-corrected chi connectivity index (χ1v) is 8.21. The van der Waals surface area contributed by atoms with Crippen molar-refractivity contribution in [2.24, 2.45) is 0 Å². The first-order valence-electron chi connectivity index (χ1n) is 7.83. The highest BCUT2D eigenvalue weighted by atomic mass is 35.5. The molecule has 0 aliphatic carbocycles. The average molecular weight is 347 g/mol. The van der Waals surface area contributed by atoms with E-state index in [1.165, 1.54) is 12.1 Å². The normalized spacial score (nSPS) is 16.2. The molecule has 1 aromatic carbocycles. The molecule has 6 nitrogen and oxygen atoms in total. The van der Waals surface area contributed by atoms with Gasteiger partial charge in [-0.05, 0) is 24.7 Å². The zero-order chi connectivity index (χ0) is 17.1. The number of non-ortho nitro benzene ring substituents is 1. The van der Waals surface area contributed by atoms with Gasteiger partial charge in [0.15, 0.2) is 0 Å². The van der Waals surface area contributed by atoms with Gasteiger partial charge in [0.2, 0.25) is 0 Å². The number of nitro benzene ring substituents is 1. The van der Waals surface area contributed by atoms with Crippen LogP contribution in [0.5, 0.6) is 0 Å². The maximum absolute atomic E-state index is 11.0. The first kappa shape index (κ1) is 16.8. The van der Waals surface area contributed by atoms with Crippen molar-refractivity contribution in [3.05, 3.63) is 57.2 Å². The summed E-state index contributed by atoms with van der Waals surface area (Å²) in [6.45, 7) is 4.94. The zero-order valence-electron chi connectivity index (χ0n) is 13.5. The Kier molecular flexibility index (Phi) is 5.08. The molecule has 1 saturated heterocycles. The fourth-order valence-electron chi connectivity index (χ4n) is 2.83. The Labute approximate surface area is 145 Å². The molecule has 1 aromatic heterocycles. The van der Waals surface area contributed by atoms with Crippen LogP contribution in [0.15, 0.2) is 36.4 Å². The van der Waals surface area contributed by atoms with Gasteiger partial charge < -0.3 is 4.90 Å². The topological polar surface area (TPSA) is 62.5 Å². The van der Waals surface area contributed by atoms with Gasteiger partial charge in [0.1, 0.15) is 5.15 Å². The summed E-state index contributed by atoms with van der Waals surface area (Å²) in [7, 11) is 2.13. The van der Waals surface area contributed by atoms with Gasteiger partial charge in [0, 0.05) is 50.4 Å². The van der Waals surface area contributed by atoms with Crippen LogP contribution in [0.3, 0.4) is 0 Å². The van der Waals surface area contributed by atoms with Crippen molar-refractivity contribution in [2.75, 3.05) is 33.2 Å². The van der Waals surface area contributed by atoms with E-state index in [1.807, 2.05) is 18.2 Å². The van der Waals surface area contributed by atoms with E-state index in [0.717, 1.165) is 38.3 Å². The fraction of sp³-hybridized carbons (Fsp3) is 0.353. The zero-order valence-corrected chi connectivity index (χ0v) is 14.2. The lowest BCUT2D eigenvalue weighted by Crippen LogP contribution is -2.43. The van der Waals surface area contributed by atoms with Crippen molar-refractivity contribution < 1.29 is 4.92 Å². The Morgan fingerprint density at radius 2 is 1.96 bits per heavy atom. The van der Waals surface area contributed by atoms with Gasteiger partial charge in [0.05, 0.1) is 10.6 Å². The van der Waals surface area contributed by atoms with Gasteiger partial charge in [-0.3, -0.25) is 15.0 Å². The maximum atomic E-state index is 11.0. The summed E-state index contributed by atoms with van der Waals surface area (Å²) in [5.74, 6) is 0. The summed E-state index contributed by atoms with van der Waals surface area (Å²) in [6.07, 6.45) is 0. The predicted molar refractivity (Wildman–Crippen MR) is 94.1 cm³/mol. The number of hydrogen-bond donors (Lipinski definition) is 0. The van der Waals surface area contributed by atoms with Crippen molar-refractivity contribution >= 4 is 17.3 Å². The Morgan fingerprint density at radius 3 is 2.67 bits per heavy atom. The van der Waals surface area contributed by atoms with Crippen LogP contribution in [0, 0.1) is 10.1 Å². The number of benzene rings is 1. The molecule has 0 N–H and O–H groups in total. The Hall–Kier alpha value is -2.02. The van der Waals surface area contributed by atoms with Gasteiger partial charge >= 0.3 is 0 Å². The SMILES string of the molecule is CN1CCN(Cc2cc(Cl)nc(-c3cccc([N+](=O)[O-])c3)c2)CC1. The van der Waals surface area contributed by atoms with Gasteiger partial charge in [-0.1, -0.05) is 23.7 Å². The number of aromatic nitrogens is 1. The van der Waals surface area contributed by atoms with Gasteiger partial charge in [-0.25, -0.2) is 4.98 Å². The molecular weight excluding hydrogens is 328 g/mol. The fourth-order valence-corrected chi connectivity index (χ4v) is 3.06. The van der Waals surface area contributed by atoms with E-state index in [0.29, 0.717) is 16.4 Å². The van der Waals surface area contributed by atoms with Crippen LogP contribution >= 0.6 is 11.6 Å². The van der Waals surface area contributed by atoms with E-state index in [-0.39, 0.29) is 5.69 Å². The Balaban J connectivity index is 1.83. The number of likely N-dealkylation sites (N-methyl/N-ethyl adjacent to an activating group) is 1. The molecule has 1 aliphatic rings. The minimum absolute atomic E-state index is 0.0508. The molecule has 7 heteroatoms. The lowest BCUT2D eigenvalue weighted by atomic mass is 10.1. The van der Waals surface area contributed by atoms with Crippen molar-refractivity contribution in [1.29, 1.82) is 0 Å². The molecule has 1 fully saturated rings. The molecule has 24 heavy (non-hydrogen) atoms. The maximum Gasteiger partial charge on any atom is 0.270 e. The monoisotopic (exact) mass is 346 g/mol. The summed E-state index contributed by atoms with van der Waals surface area (Å²) < 4.78 is 0. The third kappa shape index (κ3) is 4.08. The Morgan fingerprint density at radius 1 is 1.21 bits per heavy atom. The molecule has 0 saturated carbocycles. The van der Waals surface area contributed by atoms with Gasteiger partial charge in [-0.2, -0.15) is 0 Å². The summed E-state index contributed by atoms with van der Waals surface area (Å²) in [4.78, 5) is 19.6. The van der Waals surface area contributed by atoms with Crippen molar-refractivity contribution in [2.45, 2.75) is 6.54 Å². The van der Waals surface area contributed by atoms with Crippen LogP contribution in [0.25, 0.3) is 11.3 Å². The highest BCUT2D eigenvalue weighted by Crippen LogP contribution is 2.25. The number of pyridine rings is 1. The van der Waals surface area contributed by atoms with Crippen molar-refractivity contribution in [3.8, 4) is 11.3 Å². The number of rotatable bonds is 4. The summed E-state index contributed by atoms with van der Waals surface area (Å²) in [6, 6.07) is 10.3. The summed E-state index contributed by atoms with van der Waals surface area (Å²) in [5.41, 5.74) is 2.48. The number of piperazine rings is 1. The van der Waals surface area contributed by atoms with Crippen LogP contribution in [0.4, 0.5) is 5.69 Å². The second kappa shape index (κ2) is 7.25. The quantitative estimate of drug-likeness (QED) is 0.483. The molecular formula is C17H19ClN4O2. The van der Waals surface area contributed by atoms with Crippen LogP contribution < -0.4 is 0 Å². The van der Waals surface area contributed by atoms with E-state index in [2.05, 4.69) is 21.8 Å². The number of nitrogens with zero attached hydrogens (tertiary/aromatic N) is 4. The van der Waals surface area contributed by atoms with E-state index in [4.69, 9.17) is 11.6 Å². The number of hydrogen-bond acceptors (Lipinski definition) is 5. The number of halogens is 1. The summed E-state index contributed by atoms with van der Waals surface area (Å²) >= 11 is 6.17. The van der Waals surface area contributed by atoms with Gasteiger partial charge in [-0.15, -0.1) is 0 Å². The molecule has 0 amide bonds. The van der Waals surface area contributed by atoms with Crippen LogP contribution in [-0.4, -0.2) is 52.9 Å².